The summed E-state index contributed by atoms with van der Waals surface area (Å²) in [6.07, 6.45) is 4.44. The van der Waals surface area contributed by atoms with Crippen molar-refractivity contribution in [2.75, 3.05) is 0 Å². The van der Waals surface area contributed by atoms with Gasteiger partial charge in [-0.15, -0.1) is 0 Å². The minimum absolute atomic E-state index is 0.107. The van der Waals surface area contributed by atoms with Gasteiger partial charge in [-0.2, -0.15) is 4.98 Å². The Balaban J connectivity index is 1.86. The van der Waals surface area contributed by atoms with Crippen molar-refractivity contribution >= 4 is 0 Å². The maximum atomic E-state index is 6.17. The zero-order chi connectivity index (χ0) is 12.3. The Bertz CT molecular complexity index is 440. The Morgan fingerprint density at radius 1 is 1.35 bits per heavy atom. The van der Waals surface area contributed by atoms with E-state index in [1.807, 2.05) is 0 Å². The Morgan fingerprint density at radius 3 is 2.59 bits per heavy atom. The first-order valence-corrected chi connectivity index (χ1v) is 6.53. The van der Waals surface area contributed by atoms with E-state index in [4.69, 9.17) is 10.3 Å². The van der Waals surface area contributed by atoms with Crippen molar-refractivity contribution < 1.29 is 4.52 Å². The molecule has 0 spiro atoms. The molecular weight excluding hydrogens is 214 g/mol. The second kappa shape index (κ2) is 3.31. The minimum Gasteiger partial charge on any atom is -0.339 e. The highest BCUT2D eigenvalue weighted by Gasteiger charge is 2.51. The molecule has 1 heterocycles. The van der Waals surface area contributed by atoms with Crippen LogP contribution >= 0.6 is 0 Å². The number of aromatic nitrogens is 2. The molecule has 0 amide bonds. The largest absolute Gasteiger partial charge is 0.339 e. The van der Waals surface area contributed by atoms with Gasteiger partial charge in [0.1, 0.15) is 0 Å². The van der Waals surface area contributed by atoms with Crippen LogP contribution in [-0.2, 0) is 5.41 Å². The lowest BCUT2D eigenvalue weighted by molar-refractivity contribution is 0.276. The Labute approximate surface area is 102 Å². The summed E-state index contributed by atoms with van der Waals surface area (Å²) in [6, 6.07) is 0.156. The fraction of sp³-hybridized carbons (Fsp3) is 0.846. The fourth-order valence-corrected chi connectivity index (χ4v) is 2.98. The lowest BCUT2D eigenvalue weighted by atomic mass is 9.85. The monoisotopic (exact) mass is 235 g/mol. The average Bonchev–Trinajstić information content (AvgIpc) is 2.70. The quantitative estimate of drug-likeness (QED) is 0.854. The molecule has 94 valence electrons. The van der Waals surface area contributed by atoms with Gasteiger partial charge in [0, 0.05) is 12.0 Å². The predicted octanol–water partition coefficient (Wildman–Crippen LogP) is 2.35. The first kappa shape index (κ1) is 11.2. The zero-order valence-corrected chi connectivity index (χ0v) is 10.9. The van der Waals surface area contributed by atoms with Gasteiger partial charge < -0.3 is 10.3 Å². The van der Waals surface area contributed by atoms with Crippen LogP contribution in [0.1, 0.15) is 64.1 Å². The molecule has 17 heavy (non-hydrogen) atoms. The van der Waals surface area contributed by atoms with Gasteiger partial charge in [-0.05, 0) is 31.6 Å². The third-order valence-electron chi connectivity index (χ3n) is 4.79. The maximum absolute atomic E-state index is 6.17. The number of hydrogen-bond donors (Lipinski definition) is 1. The average molecular weight is 235 g/mol. The minimum atomic E-state index is -0.107. The molecule has 2 aliphatic rings. The molecule has 1 aromatic rings. The third kappa shape index (κ3) is 1.61. The summed E-state index contributed by atoms with van der Waals surface area (Å²) < 4.78 is 5.48. The summed E-state index contributed by atoms with van der Waals surface area (Å²) in [5, 5.41) is 4.16. The van der Waals surface area contributed by atoms with Crippen LogP contribution in [0.3, 0.4) is 0 Å². The van der Waals surface area contributed by atoms with Crippen LogP contribution in [0.4, 0.5) is 0 Å². The van der Waals surface area contributed by atoms with E-state index < -0.39 is 0 Å². The van der Waals surface area contributed by atoms with E-state index in [0.717, 1.165) is 37.4 Å². The molecule has 2 N–H and O–H groups in total. The molecule has 0 bridgehead atoms. The third-order valence-corrected chi connectivity index (χ3v) is 4.79. The summed E-state index contributed by atoms with van der Waals surface area (Å²) in [7, 11) is 0. The van der Waals surface area contributed by atoms with Crippen molar-refractivity contribution in [3.63, 3.8) is 0 Å². The van der Waals surface area contributed by atoms with Crippen molar-refractivity contribution in [3.8, 4) is 0 Å². The second-order valence-electron chi connectivity index (χ2n) is 6.62. The van der Waals surface area contributed by atoms with Gasteiger partial charge in [-0.25, -0.2) is 0 Å². The highest BCUT2D eigenvalue weighted by atomic mass is 16.5. The van der Waals surface area contributed by atoms with Crippen molar-refractivity contribution in [2.45, 2.75) is 63.8 Å². The van der Waals surface area contributed by atoms with Gasteiger partial charge in [0.15, 0.2) is 5.82 Å². The molecule has 3 unspecified atom stereocenters. The fourth-order valence-electron chi connectivity index (χ4n) is 2.98. The van der Waals surface area contributed by atoms with E-state index in [1.165, 1.54) is 0 Å². The van der Waals surface area contributed by atoms with Gasteiger partial charge in [0.2, 0.25) is 5.89 Å². The van der Waals surface area contributed by atoms with E-state index in [1.54, 1.807) is 0 Å². The summed E-state index contributed by atoms with van der Waals surface area (Å²) in [5.41, 5.74) is 6.41. The van der Waals surface area contributed by atoms with E-state index in [-0.39, 0.29) is 11.5 Å². The molecule has 3 rings (SSSR count). The van der Waals surface area contributed by atoms with Crippen LogP contribution in [0.25, 0.3) is 0 Å². The molecule has 2 aliphatic carbocycles. The molecule has 1 aromatic heterocycles. The van der Waals surface area contributed by atoms with Gasteiger partial charge in [-0.3, -0.25) is 0 Å². The maximum Gasteiger partial charge on any atom is 0.234 e. The molecule has 0 aromatic carbocycles. The van der Waals surface area contributed by atoms with Crippen LogP contribution in [-0.4, -0.2) is 16.2 Å². The van der Waals surface area contributed by atoms with Crippen molar-refractivity contribution in [1.82, 2.24) is 10.1 Å². The number of nitrogens with zero attached hydrogens (tertiary/aromatic N) is 2. The van der Waals surface area contributed by atoms with Crippen molar-refractivity contribution in [3.05, 3.63) is 11.7 Å². The van der Waals surface area contributed by atoms with Gasteiger partial charge in [-0.1, -0.05) is 25.4 Å². The standard InChI is InChI=1S/C13H21N3O/c1-12(2)7-8(12)10-15-11(17-16-10)13(3)6-4-5-9(13)14/h8-9H,4-7,14H2,1-3H3. The van der Waals surface area contributed by atoms with Gasteiger partial charge in [0.25, 0.3) is 0 Å². The Hall–Kier alpha value is -0.900. The first-order chi connectivity index (χ1) is 7.93. The number of rotatable bonds is 2. The van der Waals surface area contributed by atoms with Crippen LogP contribution in [0.2, 0.25) is 0 Å². The smallest absolute Gasteiger partial charge is 0.234 e. The van der Waals surface area contributed by atoms with Gasteiger partial charge >= 0.3 is 0 Å². The first-order valence-electron chi connectivity index (χ1n) is 6.53. The molecule has 4 nitrogen and oxygen atoms in total. The number of nitrogens with two attached hydrogens (primary N) is 1. The summed E-state index contributed by atoms with van der Waals surface area (Å²) in [4.78, 5) is 4.61. The van der Waals surface area contributed by atoms with E-state index in [2.05, 4.69) is 30.9 Å². The van der Waals surface area contributed by atoms with Crippen molar-refractivity contribution in [2.24, 2.45) is 11.1 Å². The predicted molar refractivity (Wildman–Crippen MR) is 64.6 cm³/mol. The molecule has 0 radical (unpaired) electrons. The van der Waals surface area contributed by atoms with Gasteiger partial charge in [0.05, 0.1) is 5.41 Å². The molecule has 4 heteroatoms. The van der Waals surface area contributed by atoms with E-state index >= 15 is 0 Å². The summed E-state index contributed by atoms with van der Waals surface area (Å²) in [6.45, 7) is 6.65. The molecule has 2 fully saturated rings. The lowest BCUT2D eigenvalue weighted by Gasteiger charge is -2.23. The van der Waals surface area contributed by atoms with E-state index in [9.17, 15) is 0 Å². The molecular formula is C13H21N3O. The van der Waals surface area contributed by atoms with Crippen LogP contribution in [0, 0.1) is 5.41 Å². The Morgan fingerprint density at radius 2 is 2.06 bits per heavy atom. The number of hydrogen-bond acceptors (Lipinski definition) is 4. The second-order valence-corrected chi connectivity index (χ2v) is 6.62. The molecule has 2 saturated carbocycles. The van der Waals surface area contributed by atoms with E-state index in [0.29, 0.717) is 11.3 Å². The summed E-state index contributed by atoms with van der Waals surface area (Å²) in [5.74, 6) is 2.10. The molecule has 0 saturated heterocycles. The SMILES string of the molecule is CC1(C)CC1c1noc(C2(C)CCCC2N)n1. The topological polar surface area (TPSA) is 64.9 Å². The lowest BCUT2D eigenvalue weighted by Crippen LogP contribution is -2.38. The molecule has 3 atom stereocenters. The Kier molecular flexibility index (Phi) is 2.18. The highest BCUT2D eigenvalue weighted by molar-refractivity contribution is 5.18. The van der Waals surface area contributed by atoms with Crippen LogP contribution < -0.4 is 5.73 Å². The zero-order valence-electron chi connectivity index (χ0n) is 10.9. The summed E-state index contributed by atoms with van der Waals surface area (Å²) >= 11 is 0. The van der Waals surface area contributed by atoms with Crippen LogP contribution in [0.5, 0.6) is 0 Å². The highest BCUT2D eigenvalue weighted by Crippen LogP contribution is 2.57. The van der Waals surface area contributed by atoms with Crippen molar-refractivity contribution in [1.29, 1.82) is 0 Å². The van der Waals surface area contributed by atoms with Crippen LogP contribution in [0.15, 0.2) is 4.52 Å². The normalized spacial score (nSPS) is 39.5. The molecule has 0 aliphatic heterocycles.